The van der Waals surface area contributed by atoms with E-state index in [0.29, 0.717) is 6.73 Å². The Balaban J connectivity index is 0.000000297. The SMILES string of the molecule is C/C=N/COc1c(C)cc(-c2c(C)nn(C)c2C)cc1C.C=C1C(=NC)C=CN1C. The zero-order valence-corrected chi connectivity index (χ0v) is 19.4. The van der Waals surface area contributed by atoms with Crippen molar-refractivity contribution in [3.05, 3.63) is 59.2 Å². The van der Waals surface area contributed by atoms with E-state index in [-0.39, 0.29) is 0 Å². The van der Waals surface area contributed by atoms with Crippen LogP contribution in [0.1, 0.15) is 29.4 Å². The van der Waals surface area contributed by atoms with Gasteiger partial charge in [0.25, 0.3) is 0 Å². The van der Waals surface area contributed by atoms with Crippen molar-refractivity contribution in [1.29, 1.82) is 0 Å². The molecule has 0 spiro atoms. The van der Waals surface area contributed by atoms with Crippen LogP contribution < -0.4 is 4.74 Å². The Morgan fingerprint density at radius 3 is 2.17 bits per heavy atom. The van der Waals surface area contributed by atoms with Gasteiger partial charge in [0.1, 0.15) is 5.75 Å². The third-order valence-electron chi connectivity index (χ3n) is 5.14. The average Bonchev–Trinajstić information content (AvgIpc) is 3.15. The summed E-state index contributed by atoms with van der Waals surface area (Å²) in [5, 5.41) is 4.50. The van der Waals surface area contributed by atoms with E-state index in [1.54, 1.807) is 13.3 Å². The second-order valence-corrected chi connectivity index (χ2v) is 7.30. The normalized spacial score (nSPS) is 14.6. The molecule has 0 amide bonds. The molecule has 6 heteroatoms. The quantitative estimate of drug-likeness (QED) is 0.686. The molecule has 0 N–H and O–H groups in total. The minimum atomic E-state index is 0.364. The molecular formula is C24H33N5O. The predicted molar refractivity (Wildman–Crippen MR) is 127 cm³/mol. The van der Waals surface area contributed by atoms with E-state index < -0.39 is 0 Å². The van der Waals surface area contributed by atoms with Crippen LogP contribution in [0, 0.1) is 27.7 Å². The van der Waals surface area contributed by atoms with Gasteiger partial charge in [-0.15, -0.1) is 0 Å². The van der Waals surface area contributed by atoms with Crippen LogP contribution in [0.5, 0.6) is 5.75 Å². The summed E-state index contributed by atoms with van der Waals surface area (Å²) in [7, 11) is 5.70. The molecule has 160 valence electrons. The molecule has 2 heterocycles. The fourth-order valence-corrected chi connectivity index (χ4v) is 3.44. The lowest BCUT2D eigenvalue weighted by Crippen LogP contribution is -2.07. The monoisotopic (exact) mass is 407 g/mol. The van der Waals surface area contributed by atoms with Gasteiger partial charge in [-0.2, -0.15) is 5.10 Å². The highest BCUT2D eigenvalue weighted by Crippen LogP contribution is 2.33. The van der Waals surface area contributed by atoms with Gasteiger partial charge < -0.3 is 9.64 Å². The van der Waals surface area contributed by atoms with E-state index in [4.69, 9.17) is 4.74 Å². The van der Waals surface area contributed by atoms with Crippen LogP contribution >= 0.6 is 0 Å². The third kappa shape index (κ3) is 5.06. The molecule has 0 fully saturated rings. The molecular weight excluding hydrogens is 374 g/mol. The Hall–Kier alpha value is -3.15. The summed E-state index contributed by atoms with van der Waals surface area (Å²) >= 11 is 0. The standard InChI is InChI=1S/C17H23N3O.C7H10N2/c1-7-18-10-21-17-11(2)8-15(9-12(17)3)16-13(4)19-20(6)14(16)5;1-6-7(8-2)4-5-9(6)3/h7-9H,10H2,1-6H3;4-5H,1H2,2-3H3/b18-7+;. The maximum absolute atomic E-state index is 5.75. The number of allylic oxidation sites excluding steroid dienone is 1. The van der Waals surface area contributed by atoms with Crippen LogP contribution in [0.25, 0.3) is 11.1 Å². The van der Waals surface area contributed by atoms with E-state index in [2.05, 4.69) is 54.6 Å². The highest BCUT2D eigenvalue weighted by molar-refractivity contribution is 6.09. The number of benzene rings is 1. The summed E-state index contributed by atoms with van der Waals surface area (Å²) in [6.45, 7) is 14.4. The second kappa shape index (κ2) is 10.1. The summed E-state index contributed by atoms with van der Waals surface area (Å²) < 4.78 is 7.67. The number of hydrogen-bond acceptors (Lipinski definition) is 5. The number of hydrogen-bond donors (Lipinski definition) is 0. The molecule has 1 aliphatic heterocycles. The van der Waals surface area contributed by atoms with Crippen LogP contribution in [0.3, 0.4) is 0 Å². The van der Waals surface area contributed by atoms with Crippen molar-refractivity contribution in [3.8, 4) is 16.9 Å². The van der Waals surface area contributed by atoms with E-state index >= 15 is 0 Å². The van der Waals surface area contributed by atoms with Gasteiger partial charge in [0.2, 0.25) is 0 Å². The van der Waals surface area contributed by atoms with Gasteiger partial charge in [-0.3, -0.25) is 14.7 Å². The van der Waals surface area contributed by atoms with Crippen molar-refractivity contribution in [3.63, 3.8) is 0 Å². The highest BCUT2D eigenvalue weighted by atomic mass is 16.5. The summed E-state index contributed by atoms with van der Waals surface area (Å²) in [6, 6.07) is 4.32. The number of aromatic nitrogens is 2. The van der Waals surface area contributed by atoms with Gasteiger partial charge in [0.15, 0.2) is 6.73 Å². The van der Waals surface area contributed by atoms with Gasteiger partial charge >= 0.3 is 0 Å². The number of rotatable bonds is 4. The Morgan fingerprint density at radius 1 is 1.13 bits per heavy atom. The molecule has 6 nitrogen and oxygen atoms in total. The van der Waals surface area contributed by atoms with Gasteiger partial charge in [0, 0.05) is 38.6 Å². The number of ether oxygens (including phenoxy) is 1. The van der Waals surface area contributed by atoms with E-state index in [1.165, 1.54) is 16.8 Å². The van der Waals surface area contributed by atoms with Crippen LogP contribution in [0.15, 0.2) is 46.7 Å². The molecule has 0 bridgehead atoms. The first kappa shape index (κ1) is 23.1. The fourth-order valence-electron chi connectivity index (χ4n) is 3.44. The summed E-state index contributed by atoms with van der Waals surface area (Å²) in [4.78, 5) is 10.1. The van der Waals surface area contributed by atoms with E-state index in [0.717, 1.165) is 34.0 Å². The minimum Gasteiger partial charge on any atom is -0.471 e. The van der Waals surface area contributed by atoms with Crippen LogP contribution in [0.4, 0.5) is 0 Å². The molecule has 0 atom stereocenters. The summed E-state index contributed by atoms with van der Waals surface area (Å²) in [6.07, 6.45) is 5.65. The van der Waals surface area contributed by atoms with Crippen molar-refractivity contribution in [2.45, 2.75) is 34.6 Å². The maximum atomic E-state index is 5.75. The van der Waals surface area contributed by atoms with Gasteiger partial charge in [-0.25, -0.2) is 0 Å². The topological polar surface area (TPSA) is 55.0 Å². The molecule has 3 rings (SSSR count). The van der Waals surface area contributed by atoms with Gasteiger partial charge in [-0.05, 0) is 75.7 Å². The number of aryl methyl sites for hydroxylation is 4. The minimum absolute atomic E-state index is 0.364. The summed E-state index contributed by atoms with van der Waals surface area (Å²) in [5.41, 5.74) is 8.82. The van der Waals surface area contributed by atoms with Gasteiger partial charge in [-0.1, -0.05) is 6.58 Å². The Kier molecular flexibility index (Phi) is 7.75. The first-order valence-electron chi connectivity index (χ1n) is 9.97. The smallest absolute Gasteiger partial charge is 0.178 e. The zero-order chi connectivity index (χ0) is 22.4. The average molecular weight is 408 g/mol. The van der Waals surface area contributed by atoms with Crippen LogP contribution in [-0.2, 0) is 7.05 Å². The Morgan fingerprint density at radius 2 is 1.77 bits per heavy atom. The Bertz CT molecular complexity index is 988. The molecule has 0 saturated carbocycles. The molecule has 0 radical (unpaired) electrons. The maximum Gasteiger partial charge on any atom is 0.178 e. The third-order valence-corrected chi connectivity index (χ3v) is 5.14. The van der Waals surface area contributed by atoms with Crippen molar-refractivity contribution in [1.82, 2.24) is 14.7 Å². The van der Waals surface area contributed by atoms with Crippen molar-refractivity contribution in [2.24, 2.45) is 17.0 Å². The number of aliphatic imine (C=N–C) groups is 2. The van der Waals surface area contributed by atoms with E-state index in [1.807, 2.05) is 49.8 Å². The molecule has 0 unspecified atom stereocenters. The number of nitrogens with zero attached hydrogens (tertiary/aromatic N) is 5. The lowest BCUT2D eigenvalue weighted by molar-refractivity contribution is 0.327. The Labute approximate surface area is 180 Å². The van der Waals surface area contributed by atoms with E-state index in [9.17, 15) is 0 Å². The van der Waals surface area contributed by atoms with Crippen molar-refractivity contribution < 1.29 is 4.74 Å². The largest absolute Gasteiger partial charge is 0.471 e. The molecule has 2 aromatic rings. The molecule has 0 saturated heterocycles. The first-order valence-corrected chi connectivity index (χ1v) is 9.97. The first-order chi connectivity index (χ1) is 14.2. The van der Waals surface area contributed by atoms with Crippen molar-refractivity contribution >= 4 is 11.9 Å². The fraction of sp³-hybridized carbons (Fsp3) is 0.375. The molecule has 1 aromatic heterocycles. The predicted octanol–water partition coefficient (Wildman–Crippen LogP) is 4.78. The summed E-state index contributed by atoms with van der Waals surface area (Å²) in [5.74, 6) is 0.920. The van der Waals surface area contributed by atoms with Crippen LogP contribution in [0.2, 0.25) is 0 Å². The molecule has 30 heavy (non-hydrogen) atoms. The lowest BCUT2D eigenvalue weighted by Gasteiger charge is -2.13. The highest BCUT2D eigenvalue weighted by Gasteiger charge is 2.14. The van der Waals surface area contributed by atoms with Gasteiger partial charge in [0.05, 0.1) is 17.1 Å². The van der Waals surface area contributed by atoms with Crippen LogP contribution in [-0.4, -0.2) is 47.4 Å². The lowest BCUT2D eigenvalue weighted by atomic mass is 9.98. The van der Waals surface area contributed by atoms with Crippen molar-refractivity contribution in [2.75, 3.05) is 20.8 Å². The zero-order valence-electron chi connectivity index (χ0n) is 19.4. The molecule has 0 aliphatic carbocycles. The molecule has 1 aromatic carbocycles. The molecule has 1 aliphatic rings. The second-order valence-electron chi connectivity index (χ2n) is 7.30.